The molecule has 4 aromatic rings. The van der Waals surface area contributed by atoms with E-state index in [4.69, 9.17) is 32.7 Å². The summed E-state index contributed by atoms with van der Waals surface area (Å²) < 4.78 is 13.8. The van der Waals surface area contributed by atoms with Crippen molar-refractivity contribution >= 4 is 86.7 Å². The van der Waals surface area contributed by atoms with Crippen LogP contribution in [-0.2, 0) is 20.9 Å². The summed E-state index contributed by atoms with van der Waals surface area (Å²) in [6.07, 6.45) is 4.78. The van der Waals surface area contributed by atoms with E-state index in [2.05, 4.69) is 26.2 Å². The highest BCUT2D eigenvalue weighted by atomic mass is 79.9. The summed E-state index contributed by atoms with van der Waals surface area (Å²) in [5, 5.41) is 3.22. The summed E-state index contributed by atoms with van der Waals surface area (Å²) in [4.78, 5) is 45.3. The molecule has 0 saturated heterocycles. The van der Waals surface area contributed by atoms with Crippen molar-refractivity contribution in [3.8, 4) is 5.75 Å². The van der Waals surface area contributed by atoms with E-state index in [9.17, 15) is 14.4 Å². The Labute approximate surface area is 291 Å². The summed E-state index contributed by atoms with van der Waals surface area (Å²) >= 11 is 16.7. The lowest BCUT2D eigenvalue weighted by molar-refractivity contribution is -0.122. The molecule has 14 heteroatoms. The van der Waals surface area contributed by atoms with Crippen LogP contribution < -0.4 is 15.0 Å². The topological polar surface area (TPSA) is 105 Å². The van der Waals surface area contributed by atoms with Gasteiger partial charge in [0.2, 0.25) is 11.8 Å². The minimum atomic E-state index is -0.456. The molecule has 2 heterocycles. The van der Waals surface area contributed by atoms with Gasteiger partial charge >= 0.3 is 0 Å². The minimum absolute atomic E-state index is 0. The second kappa shape index (κ2) is 16.8. The molecule has 10 nitrogen and oxygen atoms in total. The summed E-state index contributed by atoms with van der Waals surface area (Å²) in [5.74, 6) is -0.434. The normalized spacial score (nSPS) is 10.9. The molecule has 0 unspecified atom stereocenters. The third-order valence-electron chi connectivity index (χ3n) is 6.96. The zero-order chi connectivity index (χ0) is 32.7. The number of rotatable bonds is 12. The number of likely N-dealkylation sites (N-methyl/N-ethyl adjacent to an activating group) is 2. The number of halogens is 4. The molecular formula is C32H33BrCl3N5O5. The Morgan fingerprint density at radius 3 is 2.50 bits per heavy atom. The number of hydrogen-bond acceptors (Lipinski definition) is 6. The molecule has 0 radical (unpaired) electrons. The standard InChI is InChI=1S/C32H32BrCl2N5O5.ClH/c1-20-30(33)40-15-5-6-26(31(40)37-20)45-19-23-24(34)12-13-25(29(23)35)39(3)28(42)18-36-27(41)14-9-21-7-10-22(11-8-21)32(43)38(2)16-17-44-4;/h5-15H,16-19H2,1-4H3,(H,36,41);1H/b14-9+;. The number of methoxy groups -OCH3 is 1. The van der Waals surface area contributed by atoms with Gasteiger partial charge in [0.15, 0.2) is 11.4 Å². The number of nitrogens with zero attached hydrogens (tertiary/aromatic N) is 4. The summed E-state index contributed by atoms with van der Waals surface area (Å²) in [7, 11) is 4.85. The van der Waals surface area contributed by atoms with Crippen molar-refractivity contribution in [2.24, 2.45) is 0 Å². The van der Waals surface area contributed by atoms with Gasteiger partial charge in [0.25, 0.3) is 5.91 Å². The second-order valence-electron chi connectivity index (χ2n) is 10.0. The van der Waals surface area contributed by atoms with Crippen molar-refractivity contribution in [3.63, 3.8) is 0 Å². The van der Waals surface area contributed by atoms with Crippen LogP contribution in [0.4, 0.5) is 5.69 Å². The Hall–Kier alpha value is -3.61. The van der Waals surface area contributed by atoms with Crippen LogP contribution in [0.25, 0.3) is 11.7 Å². The smallest absolute Gasteiger partial charge is 0.253 e. The summed E-state index contributed by atoms with van der Waals surface area (Å²) in [5.41, 5.74) is 3.61. The number of hydrogen-bond donors (Lipinski definition) is 1. The van der Waals surface area contributed by atoms with Crippen molar-refractivity contribution in [1.29, 1.82) is 0 Å². The molecule has 4 rings (SSSR count). The fourth-order valence-corrected chi connectivity index (χ4v) is 5.28. The maximum atomic E-state index is 13.0. The van der Waals surface area contributed by atoms with Crippen LogP contribution in [-0.4, -0.2) is 72.9 Å². The Bertz CT molecular complexity index is 1750. The van der Waals surface area contributed by atoms with Crippen molar-refractivity contribution in [2.75, 3.05) is 45.8 Å². The number of ether oxygens (including phenoxy) is 2. The second-order valence-corrected chi connectivity index (χ2v) is 11.6. The average molecular weight is 754 g/mol. The van der Waals surface area contributed by atoms with Crippen LogP contribution in [0.1, 0.15) is 27.2 Å². The van der Waals surface area contributed by atoms with Gasteiger partial charge in [-0.05, 0) is 70.9 Å². The zero-order valence-corrected chi connectivity index (χ0v) is 29.5. The third-order valence-corrected chi connectivity index (χ3v) is 8.70. The fourth-order valence-electron chi connectivity index (χ4n) is 4.30. The zero-order valence-electron chi connectivity index (χ0n) is 25.6. The minimum Gasteiger partial charge on any atom is -0.485 e. The number of fused-ring (bicyclic) bond motifs is 1. The third kappa shape index (κ3) is 8.80. The molecule has 1 N–H and O–H groups in total. The van der Waals surface area contributed by atoms with Gasteiger partial charge < -0.3 is 24.6 Å². The largest absolute Gasteiger partial charge is 0.485 e. The van der Waals surface area contributed by atoms with Crippen molar-refractivity contribution in [3.05, 3.63) is 97.8 Å². The van der Waals surface area contributed by atoms with Crippen LogP contribution >= 0.6 is 51.5 Å². The first-order chi connectivity index (χ1) is 21.5. The number of benzene rings is 2. The molecular weight excluding hydrogens is 721 g/mol. The van der Waals surface area contributed by atoms with Crippen molar-refractivity contribution < 1.29 is 23.9 Å². The molecule has 0 atom stereocenters. The Balaban J connectivity index is 0.00000576. The first-order valence-electron chi connectivity index (χ1n) is 13.8. The lowest BCUT2D eigenvalue weighted by atomic mass is 10.1. The number of pyridine rings is 1. The van der Waals surface area contributed by atoms with E-state index in [0.29, 0.717) is 46.4 Å². The molecule has 0 saturated carbocycles. The Morgan fingerprint density at radius 2 is 1.80 bits per heavy atom. The van der Waals surface area contributed by atoms with Crippen molar-refractivity contribution in [2.45, 2.75) is 13.5 Å². The highest BCUT2D eigenvalue weighted by molar-refractivity contribution is 9.10. The Morgan fingerprint density at radius 1 is 1.09 bits per heavy atom. The van der Waals surface area contributed by atoms with E-state index < -0.39 is 11.8 Å². The van der Waals surface area contributed by atoms with Crippen LogP contribution in [0.15, 0.2) is 65.4 Å². The van der Waals surface area contributed by atoms with Crippen LogP contribution in [0.2, 0.25) is 10.0 Å². The first kappa shape index (κ1) is 36.9. The van der Waals surface area contributed by atoms with Gasteiger partial charge in [-0.3, -0.25) is 18.8 Å². The number of aryl methyl sites for hydroxylation is 1. The summed E-state index contributed by atoms with van der Waals surface area (Å²) in [6.45, 7) is 2.59. The first-order valence-corrected chi connectivity index (χ1v) is 15.4. The van der Waals surface area contributed by atoms with Crippen LogP contribution in [0.5, 0.6) is 5.75 Å². The lowest BCUT2D eigenvalue weighted by Crippen LogP contribution is -2.37. The van der Waals surface area contributed by atoms with E-state index in [1.54, 1.807) is 74.6 Å². The van der Waals surface area contributed by atoms with Gasteiger partial charge in [-0.2, -0.15) is 0 Å². The van der Waals surface area contributed by atoms with Gasteiger partial charge in [0, 0.05) is 56.2 Å². The number of imidazole rings is 1. The van der Waals surface area contributed by atoms with E-state index in [1.165, 1.54) is 11.0 Å². The molecule has 0 fully saturated rings. The number of aromatic nitrogens is 2. The van der Waals surface area contributed by atoms with Crippen molar-refractivity contribution in [1.82, 2.24) is 19.6 Å². The van der Waals surface area contributed by atoms with Gasteiger partial charge in [0.1, 0.15) is 11.2 Å². The molecule has 0 aliphatic rings. The number of carbonyl (C=O) groups is 3. The maximum Gasteiger partial charge on any atom is 0.253 e. The molecule has 0 aliphatic heterocycles. The fraction of sp³-hybridized carbons (Fsp3) is 0.250. The number of carbonyl (C=O) groups excluding carboxylic acids is 3. The van der Waals surface area contributed by atoms with Crippen LogP contribution in [0, 0.1) is 6.92 Å². The number of nitrogens with one attached hydrogen (secondary N) is 1. The molecule has 2 aromatic carbocycles. The highest BCUT2D eigenvalue weighted by Crippen LogP contribution is 2.35. The SMILES string of the molecule is COCCN(C)C(=O)c1ccc(/C=C/C(=O)NCC(=O)N(C)c2ccc(Cl)c(COc3cccn4c(Br)c(C)nc34)c2Cl)cc1.Cl. The highest BCUT2D eigenvalue weighted by Gasteiger charge is 2.20. The molecule has 3 amide bonds. The average Bonchev–Trinajstić information content (AvgIpc) is 3.34. The lowest BCUT2D eigenvalue weighted by Gasteiger charge is -2.21. The van der Waals surface area contributed by atoms with E-state index in [0.717, 1.165) is 15.9 Å². The van der Waals surface area contributed by atoms with Gasteiger partial charge in [-0.15, -0.1) is 12.4 Å². The molecule has 46 heavy (non-hydrogen) atoms. The molecule has 2 aromatic heterocycles. The number of anilines is 1. The van der Waals surface area contributed by atoms with E-state index >= 15 is 0 Å². The predicted octanol–water partition coefficient (Wildman–Crippen LogP) is 6.22. The van der Waals surface area contributed by atoms with Gasteiger partial charge in [-0.25, -0.2) is 4.98 Å². The van der Waals surface area contributed by atoms with E-state index in [1.807, 2.05) is 23.6 Å². The monoisotopic (exact) mass is 751 g/mol. The maximum absolute atomic E-state index is 13.0. The molecule has 0 bridgehead atoms. The van der Waals surface area contributed by atoms with Gasteiger partial charge in [-0.1, -0.05) is 35.3 Å². The number of amides is 3. The Kier molecular flexibility index (Phi) is 13.5. The summed E-state index contributed by atoms with van der Waals surface area (Å²) in [6, 6.07) is 13.8. The quantitative estimate of drug-likeness (QED) is 0.172. The predicted molar refractivity (Wildman–Crippen MR) is 186 cm³/mol. The molecule has 244 valence electrons. The molecule has 0 spiro atoms. The van der Waals surface area contributed by atoms with E-state index in [-0.39, 0.29) is 36.5 Å². The molecule has 0 aliphatic carbocycles. The van der Waals surface area contributed by atoms with Gasteiger partial charge in [0.05, 0.1) is 29.6 Å². The van der Waals surface area contributed by atoms with Crippen LogP contribution in [0.3, 0.4) is 0 Å².